The molecule has 2 N–H and O–H groups in total. The molecule has 0 aromatic heterocycles. The van der Waals surface area contributed by atoms with Gasteiger partial charge >= 0.3 is 0 Å². The average molecular weight is 300 g/mol. The molecule has 0 aliphatic heterocycles. The van der Waals surface area contributed by atoms with Gasteiger partial charge in [0.1, 0.15) is 0 Å². The lowest BCUT2D eigenvalue weighted by atomic mass is 10.1. The number of hydrogen-bond donors (Lipinski definition) is 1. The number of sulfone groups is 1. The maximum absolute atomic E-state index is 12.5. The van der Waals surface area contributed by atoms with Gasteiger partial charge < -0.3 is 5.73 Å². The molecule has 0 aliphatic carbocycles. The predicted molar refractivity (Wildman–Crippen MR) is 77.2 cm³/mol. The fourth-order valence-corrected chi connectivity index (χ4v) is 4.10. The molecule has 1 aromatic carbocycles. The SMILES string of the molecule is CCCC(N)C(CC)S(=O)(=O)c1ccc([N+](=O)[O-])cc1. The third-order valence-corrected chi connectivity index (χ3v) is 5.69. The van der Waals surface area contributed by atoms with Gasteiger partial charge in [0.15, 0.2) is 9.84 Å². The van der Waals surface area contributed by atoms with Crippen LogP contribution in [0.2, 0.25) is 0 Å². The second kappa shape index (κ2) is 6.81. The Labute approximate surface area is 119 Å². The summed E-state index contributed by atoms with van der Waals surface area (Å²) in [6, 6.07) is 4.52. The van der Waals surface area contributed by atoms with Gasteiger partial charge in [-0.3, -0.25) is 10.1 Å². The van der Waals surface area contributed by atoms with Gasteiger partial charge in [-0.05, 0) is 25.0 Å². The second-order valence-electron chi connectivity index (χ2n) is 4.70. The minimum atomic E-state index is -3.56. The van der Waals surface area contributed by atoms with Crippen molar-refractivity contribution in [2.45, 2.75) is 49.3 Å². The molecule has 0 spiro atoms. The minimum absolute atomic E-state index is 0.0847. The normalized spacial score (nSPS) is 14.8. The Bertz CT molecular complexity index is 554. The first-order chi connectivity index (χ1) is 9.34. The molecular formula is C13H20N2O4S. The van der Waals surface area contributed by atoms with Crippen molar-refractivity contribution >= 4 is 15.5 Å². The van der Waals surface area contributed by atoms with Crippen LogP contribution in [0.25, 0.3) is 0 Å². The topological polar surface area (TPSA) is 103 Å². The van der Waals surface area contributed by atoms with E-state index in [2.05, 4.69) is 0 Å². The summed E-state index contributed by atoms with van der Waals surface area (Å²) in [5, 5.41) is 9.92. The molecule has 0 amide bonds. The van der Waals surface area contributed by atoms with E-state index in [-0.39, 0.29) is 10.6 Å². The lowest BCUT2D eigenvalue weighted by Gasteiger charge is -2.22. The van der Waals surface area contributed by atoms with E-state index in [4.69, 9.17) is 5.73 Å². The third kappa shape index (κ3) is 3.55. The first-order valence-corrected chi connectivity index (χ1v) is 8.13. The average Bonchev–Trinajstić information content (AvgIpc) is 2.39. The van der Waals surface area contributed by atoms with Crippen LogP contribution in [0.15, 0.2) is 29.2 Å². The first kappa shape index (κ1) is 16.6. The second-order valence-corrected chi connectivity index (χ2v) is 6.86. The zero-order chi connectivity index (χ0) is 15.3. The quantitative estimate of drug-likeness (QED) is 0.614. The molecule has 6 nitrogen and oxygen atoms in total. The van der Waals surface area contributed by atoms with E-state index in [0.717, 1.165) is 6.42 Å². The number of nitro groups is 1. The molecule has 2 atom stereocenters. The number of benzene rings is 1. The van der Waals surface area contributed by atoms with Crippen LogP contribution < -0.4 is 5.73 Å². The van der Waals surface area contributed by atoms with Crippen molar-refractivity contribution in [3.8, 4) is 0 Å². The molecule has 20 heavy (non-hydrogen) atoms. The fourth-order valence-electron chi connectivity index (χ4n) is 2.20. The Hall–Kier alpha value is -1.47. The molecule has 1 rings (SSSR count). The predicted octanol–water partition coefficient (Wildman–Crippen LogP) is 2.27. The lowest BCUT2D eigenvalue weighted by Crippen LogP contribution is -2.40. The summed E-state index contributed by atoms with van der Waals surface area (Å²) in [7, 11) is -3.56. The molecule has 0 bridgehead atoms. The number of nitrogens with two attached hydrogens (primary N) is 1. The molecule has 0 saturated heterocycles. The van der Waals surface area contributed by atoms with Gasteiger partial charge in [-0.25, -0.2) is 8.42 Å². The van der Waals surface area contributed by atoms with Crippen molar-refractivity contribution in [1.82, 2.24) is 0 Å². The monoisotopic (exact) mass is 300 g/mol. The summed E-state index contributed by atoms with van der Waals surface area (Å²) in [4.78, 5) is 10.1. The van der Waals surface area contributed by atoms with Gasteiger partial charge in [-0.2, -0.15) is 0 Å². The molecule has 7 heteroatoms. The number of rotatable bonds is 7. The highest BCUT2D eigenvalue weighted by atomic mass is 32.2. The minimum Gasteiger partial charge on any atom is -0.327 e. The van der Waals surface area contributed by atoms with Crippen molar-refractivity contribution in [2.75, 3.05) is 0 Å². The molecule has 0 aliphatic rings. The van der Waals surface area contributed by atoms with Crippen molar-refractivity contribution in [1.29, 1.82) is 0 Å². The van der Waals surface area contributed by atoms with Crippen molar-refractivity contribution < 1.29 is 13.3 Å². The molecular weight excluding hydrogens is 280 g/mol. The summed E-state index contributed by atoms with van der Waals surface area (Å²) in [6.07, 6.45) is 1.86. The molecule has 112 valence electrons. The number of nitrogens with zero attached hydrogens (tertiary/aromatic N) is 1. The van der Waals surface area contributed by atoms with Crippen LogP contribution >= 0.6 is 0 Å². The Morgan fingerprint density at radius 3 is 2.20 bits per heavy atom. The van der Waals surface area contributed by atoms with Crippen LogP contribution in [0.5, 0.6) is 0 Å². The zero-order valence-electron chi connectivity index (χ0n) is 11.7. The Morgan fingerprint density at radius 2 is 1.80 bits per heavy atom. The Balaban J connectivity index is 3.10. The van der Waals surface area contributed by atoms with Gasteiger partial charge in [-0.15, -0.1) is 0 Å². The fraction of sp³-hybridized carbons (Fsp3) is 0.538. The standard InChI is InChI=1S/C13H20N2O4S/c1-3-5-12(14)13(4-2)20(18,19)11-8-6-10(7-9-11)15(16)17/h6-9,12-13H,3-5,14H2,1-2H3. The summed E-state index contributed by atoms with van der Waals surface area (Å²) in [5.41, 5.74) is 5.82. The van der Waals surface area contributed by atoms with Crippen LogP contribution in [0, 0.1) is 10.1 Å². The lowest BCUT2D eigenvalue weighted by molar-refractivity contribution is -0.384. The van der Waals surface area contributed by atoms with Crippen molar-refractivity contribution in [3.05, 3.63) is 34.4 Å². The van der Waals surface area contributed by atoms with E-state index in [1.54, 1.807) is 6.92 Å². The molecule has 0 heterocycles. The van der Waals surface area contributed by atoms with Crippen LogP contribution in [0.1, 0.15) is 33.1 Å². The zero-order valence-corrected chi connectivity index (χ0v) is 12.5. The summed E-state index contributed by atoms with van der Waals surface area (Å²) >= 11 is 0. The first-order valence-electron chi connectivity index (χ1n) is 6.58. The Kier molecular flexibility index (Phi) is 5.64. The van der Waals surface area contributed by atoms with Crippen LogP contribution in [-0.2, 0) is 9.84 Å². The van der Waals surface area contributed by atoms with Crippen molar-refractivity contribution in [3.63, 3.8) is 0 Å². The maximum atomic E-state index is 12.5. The van der Waals surface area contributed by atoms with Crippen LogP contribution in [0.3, 0.4) is 0 Å². The third-order valence-electron chi connectivity index (χ3n) is 3.28. The van der Waals surface area contributed by atoms with E-state index >= 15 is 0 Å². The molecule has 0 fully saturated rings. The van der Waals surface area contributed by atoms with Gasteiger partial charge in [0.05, 0.1) is 15.1 Å². The van der Waals surface area contributed by atoms with Gasteiger partial charge in [-0.1, -0.05) is 20.3 Å². The number of hydrogen-bond acceptors (Lipinski definition) is 5. The smallest absolute Gasteiger partial charge is 0.269 e. The molecule has 0 saturated carbocycles. The van der Waals surface area contributed by atoms with Gasteiger partial charge in [0.25, 0.3) is 5.69 Å². The maximum Gasteiger partial charge on any atom is 0.269 e. The highest BCUT2D eigenvalue weighted by molar-refractivity contribution is 7.92. The highest BCUT2D eigenvalue weighted by Crippen LogP contribution is 2.24. The molecule has 2 unspecified atom stereocenters. The van der Waals surface area contributed by atoms with Crippen molar-refractivity contribution in [2.24, 2.45) is 5.73 Å². The summed E-state index contributed by atoms with van der Waals surface area (Å²) in [6.45, 7) is 3.73. The molecule has 0 radical (unpaired) electrons. The van der Waals surface area contributed by atoms with Crippen LogP contribution in [0.4, 0.5) is 5.69 Å². The van der Waals surface area contributed by atoms with E-state index in [1.165, 1.54) is 24.3 Å². The Morgan fingerprint density at radius 1 is 1.25 bits per heavy atom. The van der Waals surface area contributed by atoms with E-state index in [9.17, 15) is 18.5 Å². The van der Waals surface area contributed by atoms with Gasteiger partial charge in [0.2, 0.25) is 0 Å². The van der Waals surface area contributed by atoms with Crippen LogP contribution in [-0.4, -0.2) is 24.6 Å². The molecule has 1 aromatic rings. The van der Waals surface area contributed by atoms with Gasteiger partial charge in [0, 0.05) is 18.2 Å². The largest absolute Gasteiger partial charge is 0.327 e. The summed E-state index contributed by atoms with van der Waals surface area (Å²) in [5.74, 6) is 0. The summed E-state index contributed by atoms with van der Waals surface area (Å²) < 4.78 is 25.0. The highest BCUT2D eigenvalue weighted by Gasteiger charge is 2.31. The number of non-ortho nitro benzene ring substituents is 1. The van der Waals surface area contributed by atoms with E-state index in [1.807, 2.05) is 6.92 Å². The number of nitro benzene ring substituents is 1. The van der Waals surface area contributed by atoms with E-state index < -0.39 is 26.1 Å². The van der Waals surface area contributed by atoms with E-state index in [0.29, 0.717) is 12.8 Å².